The van der Waals surface area contributed by atoms with E-state index < -0.39 is 11.4 Å². The van der Waals surface area contributed by atoms with E-state index in [0.29, 0.717) is 5.65 Å². The van der Waals surface area contributed by atoms with Crippen LogP contribution in [0, 0.1) is 12.7 Å². The maximum absolute atomic E-state index is 14.1. The first-order valence-corrected chi connectivity index (χ1v) is 7.65. The van der Waals surface area contributed by atoms with Gasteiger partial charge in [-0.25, -0.2) is 4.39 Å². The van der Waals surface area contributed by atoms with E-state index in [1.165, 1.54) is 40.7 Å². The molecule has 0 aliphatic heterocycles. The van der Waals surface area contributed by atoms with Crippen LogP contribution in [0.5, 0.6) is 0 Å². The molecule has 0 spiro atoms. The molecule has 0 unspecified atom stereocenters. The van der Waals surface area contributed by atoms with Gasteiger partial charge in [-0.05, 0) is 24.6 Å². The molecule has 3 rings (SSSR count). The Morgan fingerprint density at radius 2 is 2.00 bits per heavy atom. The van der Waals surface area contributed by atoms with E-state index >= 15 is 0 Å². The first-order valence-electron chi connectivity index (χ1n) is 7.65. The Morgan fingerprint density at radius 1 is 1.24 bits per heavy atom. The summed E-state index contributed by atoms with van der Waals surface area (Å²) in [4.78, 5) is 28.4. The molecule has 0 radical (unpaired) electrons. The number of aliphatic hydroxyl groups is 1. The maximum atomic E-state index is 14.1. The number of nitrogens with zero attached hydrogens (tertiary/aromatic N) is 3. The Labute approximate surface area is 142 Å². The third-order valence-corrected chi connectivity index (χ3v) is 3.94. The molecule has 0 aliphatic rings. The minimum absolute atomic E-state index is 0.150. The summed E-state index contributed by atoms with van der Waals surface area (Å²) in [5.74, 6) is -0.492. The number of fused-ring (bicyclic) bond motifs is 1. The lowest BCUT2D eigenvalue weighted by molar-refractivity contribution is 0.276. The Balaban J connectivity index is 2.28. The number of nitrogens with one attached hydrogen (secondary N) is 1. The van der Waals surface area contributed by atoms with Crippen LogP contribution in [-0.2, 0) is 13.6 Å². The van der Waals surface area contributed by atoms with Crippen LogP contribution in [0.2, 0.25) is 0 Å². The predicted molar refractivity (Wildman–Crippen MR) is 92.7 cm³/mol. The van der Waals surface area contributed by atoms with Gasteiger partial charge in [-0.1, -0.05) is 6.07 Å². The van der Waals surface area contributed by atoms with Gasteiger partial charge in [0.05, 0.1) is 18.0 Å². The second-order valence-electron chi connectivity index (χ2n) is 5.73. The molecule has 2 heterocycles. The lowest BCUT2D eigenvalue weighted by Gasteiger charge is -2.16. The zero-order valence-electron chi connectivity index (χ0n) is 13.8. The highest BCUT2D eigenvalue weighted by atomic mass is 19.1. The minimum Gasteiger partial charge on any atom is -0.395 e. The van der Waals surface area contributed by atoms with Crippen molar-refractivity contribution in [3.63, 3.8) is 0 Å². The zero-order valence-corrected chi connectivity index (χ0v) is 13.8. The van der Waals surface area contributed by atoms with Gasteiger partial charge in [0.15, 0.2) is 0 Å². The number of hydrogen-bond donors (Lipinski definition) is 2. The number of aliphatic hydroxyl groups excluding tert-OH is 1. The number of anilines is 2. The lowest BCUT2D eigenvalue weighted by atomic mass is 10.2. The third kappa shape index (κ3) is 3.03. The molecule has 130 valence electrons. The van der Waals surface area contributed by atoms with Crippen molar-refractivity contribution in [3.8, 4) is 0 Å². The topological polar surface area (TPSA) is 89.2 Å². The fourth-order valence-electron chi connectivity index (χ4n) is 2.71. The van der Waals surface area contributed by atoms with Crippen LogP contribution in [0.4, 0.5) is 15.8 Å². The monoisotopic (exact) mass is 344 g/mol. The van der Waals surface area contributed by atoms with Gasteiger partial charge in [0.25, 0.3) is 11.1 Å². The van der Waals surface area contributed by atoms with Gasteiger partial charge in [0, 0.05) is 19.7 Å². The third-order valence-electron chi connectivity index (χ3n) is 3.94. The number of rotatable bonds is 4. The van der Waals surface area contributed by atoms with E-state index in [2.05, 4.69) is 10.3 Å². The van der Waals surface area contributed by atoms with Crippen LogP contribution < -0.4 is 16.4 Å². The van der Waals surface area contributed by atoms with Crippen molar-refractivity contribution in [2.45, 2.75) is 13.5 Å². The van der Waals surface area contributed by atoms with Crippen LogP contribution in [0.15, 0.2) is 40.2 Å². The van der Waals surface area contributed by atoms with Crippen molar-refractivity contribution in [1.29, 1.82) is 0 Å². The summed E-state index contributed by atoms with van der Waals surface area (Å²) in [6.45, 7) is 1.75. The predicted octanol–water partition coefficient (Wildman–Crippen LogP) is 1.28. The summed E-state index contributed by atoms with van der Waals surface area (Å²) in [5.41, 5.74) is 0.456. The molecule has 2 N–H and O–H groups in total. The Hall–Kier alpha value is -3.00. The first kappa shape index (κ1) is 16.8. The molecule has 0 aliphatic carbocycles. The van der Waals surface area contributed by atoms with Crippen molar-refractivity contribution >= 4 is 22.4 Å². The SMILES string of the molecule is Cc1ccc(Nc2cc(=O)n(C)c3c2c(=O)ncn3CCO)c(F)c1. The molecular weight excluding hydrogens is 327 g/mol. The number of hydrogen-bond acceptors (Lipinski definition) is 5. The number of aromatic nitrogens is 3. The van der Waals surface area contributed by atoms with Gasteiger partial charge in [-0.3, -0.25) is 14.2 Å². The van der Waals surface area contributed by atoms with E-state index in [1.54, 1.807) is 13.0 Å². The molecule has 25 heavy (non-hydrogen) atoms. The standard InChI is InChI=1S/C17H17FN4O3/c1-10-3-4-12(11(18)7-10)20-13-8-14(24)21(2)17-15(13)16(25)19-9-22(17)5-6-23/h3-4,7-9,20,23H,5-6H2,1-2H3. The van der Waals surface area contributed by atoms with Crippen molar-refractivity contribution in [2.75, 3.05) is 11.9 Å². The minimum atomic E-state index is -0.546. The Kier molecular flexibility index (Phi) is 4.37. The molecular formula is C17H17FN4O3. The van der Waals surface area contributed by atoms with E-state index in [-0.39, 0.29) is 35.5 Å². The summed E-state index contributed by atoms with van der Waals surface area (Å²) < 4.78 is 16.9. The Bertz CT molecular complexity index is 1070. The fraction of sp³-hybridized carbons (Fsp3) is 0.235. The van der Waals surface area contributed by atoms with Crippen LogP contribution >= 0.6 is 0 Å². The van der Waals surface area contributed by atoms with Crippen molar-refractivity contribution in [1.82, 2.24) is 14.1 Å². The van der Waals surface area contributed by atoms with Gasteiger partial charge < -0.3 is 15.0 Å². The average Bonchev–Trinajstić information content (AvgIpc) is 2.56. The van der Waals surface area contributed by atoms with Gasteiger partial charge in [0.1, 0.15) is 23.2 Å². The van der Waals surface area contributed by atoms with Crippen LogP contribution in [0.3, 0.4) is 0 Å². The summed E-state index contributed by atoms with van der Waals surface area (Å²) in [7, 11) is 1.52. The molecule has 0 bridgehead atoms. The second-order valence-corrected chi connectivity index (χ2v) is 5.73. The van der Waals surface area contributed by atoms with Crippen LogP contribution in [0.1, 0.15) is 5.56 Å². The van der Waals surface area contributed by atoms with Crippen LogP contribution in [-0.4, -0.2) is 25.8 Å². The smallest absolute Gasteiger partial charge is 0.284 e. The first-order chi connectivity index (χ1) is 11.9. The highest BCUT2D eigenvalue weighted by Gasteiger charge is 2.15. The summed E-state index contributed by atoms with van der Waals surface area (Å²) >= 11 is 0. The average molecular weight is 344 g/mol. The number of halogens is 1. The molecule has 0 fully saturated rings. The van der Waals surface area contributed by atoms with Crippen molar-refractivity contribution < 1.29 is 9.50 Å². The number of aryl methyl sites for hydroxylation is 2. The molecule has 0 amide bonds. The molecule has 0 saturated carbocycles. The fourth-order valence-corrected chi connectivity index (χ4v) is 2.71. The number of benzene rings is 1. The van der Waals surface area contributed by atoms with E-state index in [1.807, 2.05) is 0 Å². The Morgan fingerprint density at radius 3 is 2.68 bits per heavy atom. The molecule has 2 aromatic heterocycles. The van der Waals surface area contributed by atoms with Gasteiger partial charge >= 0.3 is 0 Å². The highest BCUT2D eigenvalue weighted by molar-refractivity contribution is 5.90. The van der Waals surface area contributed by atoms with E-state index in [4.69, 9.17) is 0 Å². The van der Waals surface area contributed by atoms with E-state index in [9.17, 15) is 19.1 Å². The summed E-state index contributed by atoms with van der Waals surface area (Å²) in [6, 6.07) is 5.84. The van der Waals surface area contributed by atoms with E-state index in [0.717, 1.165) is 5.56 Å². The molecule has 7 nitrogen and oxygen atoms in total. The quantitative estimate of drug-likeness (QED) is 0.744. The van der Waals surface area contributed by atoms with Crippen molar-refractivity contribution in [3.05, 3.63) is 62.7 Å². The molecule has 0 saturated heterocycles. The second kappa shape index (κ2) is 6.48. The highest BCUT2D eigenvalue weighted by Crippen LogP contribution is 2.24. The maximum Gasteiger partial charge on any atom is 0.284 e. The normalized spacial score (nSPS) is 11.0. The lowest BCUT2D eigenvalue weighted by Crippen LogP contribution is -2.25. The zero-order chi connectivity index (χ0) is 18.1. The van der Waals surface area contributed by atoms with Crippen molar-refractivity contribution in [2.24, 2.45) is 7.05 Å². The van der Waals surface area contributed by atoms with Gasteiger partial charge in [-0.2, -0.15) is 4.98 Å². The van der Waals surface area contributed by atoms with Gasteiger partial charge in [-0.15, -0.1) is 0 Å². The van der Waals surface area contributed by atoms with Gasteiger partial charge in [0.2, 0.25) is 0 Å². The molecule has 3 aromatic rings. The summed E-state index contributed by atoms with van der Waals surface area (Å²) in [6.07, 6.45) is 1.27. The number of pyridine rings is 1. The van der Waals surface area contributed by atoms with Crippen LogP contribution in [0.25, 0.3) is 11.0 Å². The molecule has 8 heteroatoms. The molecule has 0 atom stereocenters. The molecule has 1 aromatic carbocycles. The largest absolute Gasteiger partial charge is 0.395 e. The summed E-state index contributed by atoms with van der Waals surface area (Å²) in [5, 5.41) is 12.2.